The number of rotatable bonds is 3. The van der Waals surface area contributed by atoms with Crippen molar-refractivity contribution >= 4 is 11.0 Å². The van der Waals surface area contributed by atoms with Crippen LogP contribution in [0.3, 0.4) is 0 Å². The first-order chi connectivity index (χ1) is 11.1. The first-order valence-corrected chi connectivity index (χ1v) is 7.54. The third-order valence-electron chi connectivity index (χ3n) is 4.18. The molecule has 0 saturated carbocycles. The highest BCUT2D eigenvalue weighted by molar-refractivity contribution is 5.77. The zero-order chi connectivity index (χ0) is 16.0. The molecule has 4 rings (SSSR count). The van der Waals surface area contributed by atoms with Crippen LogP contribution in [0.25, 0.3) is 22.7 Å². The fourth-order valence-corrected chi connectivity index (χ4v) is 2.68. The number of aromatic nitrogens is 3. The second kappa shape index (κ2) is 5.12. The first-order valence-electron chi connectivity index (χ1n) is 7.54. The van der Waals surface area contributed by atoms with Gasteiger partial charge in [0, 0.05) is 0 Å². The highest BCUT2D eigenvalue weighted by atomic mass is 16.4. The standard InChI is InChI=1S/C18H17N3O2/c1-11-7-14-16(8-12(11)2)21(10-19-14)9-15-13(3)23-18(20-15)17-5-4-6-22-17/h4-8,10H,9H2,1-3H3. The van der Waals surface area contributed by atoms with Crippen molar-refractivity contribution in [2.75, 3.05) is 0 Å². The normalized spacial score (nSPS) is 11.4. The number of aryl methyl sites for hydroxylation is 3. The number of benzene rings is 1. The molecule has 0 atom stereocenters. The maximum absolute atomic E-state index is 5.72. The van der Waals surface area contributed by atoms with E-state index in [9.17, 15) is 0 Å². The molecule has 4 aromatic rings. The smallest absolute Gasteiger partial charge is 0.263 e. The predicted octanol–water partition coefficient (Wildman–Crippen LogP) is 4.26. The summed E-state index contributed by atoms with van der Waals surface area (Å²) in [5.74, 6) is 1.95. The topological polar surface area (TPSA) is 57.0 Å². The van der Waals surface area contributed by atoms with E-state index < -0.39 is 0 Å². The van der Waals surface area contributed by atoms with Crippen molar-refractivity contribution in [3.63, 3.8) is 0 Å². The predicted molar refractivity (Wildman–Crippen MR) is 87.3 cm³/mol. The monoisotopic (exact) mass is 307 g/mol. The molecule has 0 radical (unpaired) electrons. The van der Waals surface area contributed by atoms with E-state index in [2.05, 4.69) is 40.5 Å². The Bertz CT molecular complexity index is 977. The maximum Gasteiger partial charge on any atom is 0.263 e. The lowest BCUT2D eigenvalue weighted by Gasteiger charge is -2.04. The summed E-state index contributed by atoms with van der Waals surface area (Å²) in [6, 6.07) is 7.95. The Kier molecular flexibility index (Phi) is 3.08. The van der Waals surface area contributed by atoms with Gasteiger partial charge in [-0.15, -0.1) is 0 Å². The van der Waals surface area contributed by atoms with Crippen molar-refractivity contribution in [2.24, 2.45) is 0 Å². The Balaban J connectivity index is 1.72. The van der Waals surface area contributed by atoms with E-state index in [1.165, 1.54) is 11.1 Å². The van der Waals surface area contributed by atoms with Crippen LogP contribution in [-0.4, -0.2) is 14.5 Å². The van der Waals surface area contributed by atoms with E-state index >= 15 is 0 Å². The SMILES string of the molecule is Cc1cc2ncn(Cc3nc(-c4ccco4)oc3C)c2cc1C. The summed E-state index contributed by atoms with van der Waals surface area (Å²) >= 11 is 0. The molecule has 0 aliphatic heterocycles. The molecule has 5 heteroatoms. The lowest BCUT2D eigenvalue weighted by atomic mass is 10.1. The number of nitrogens with zero attached hydrogens (tertiary/aromatic N) is 3. The maximum atomic E-state index is 5.72. The summed E-state index contributed by atoms with van der Waals surface area (Å²) in [6.45, 7) is 6.76. The molecule has 23 heavy (non-hydrogen) atoms. The number of oxazole rings is 1. The summed E-state index contributed by atoms with van der Waals surface area (Å²) in [7, 11) is 0. The molecule has 0 amide bonds. The lowest BCUT2D eigenvalue weighted by molar-refractivity contribution is 0.499. The van der Waals surface area contributed by atoms with E-state index in [1.807, 2.05) is 25.4 Å². The van der Waals surface area contributed by atoms with Crippen molar-refractivity contribution < 1.29 is 8.83 Å². The summed E-state index contributed by atoms with van der Waals surface area (Å²) in [6.07, 6.45) is 3.47. The van der Waals surface area contributed by atoms with E-state index in [0.29, 0.717) is 18.2 Å². The summed E-state index contributed by atoms with van der Waals surface area (Å²) in [5, 5.41) is 0. The lowest BCUT2D eigenvalue weighted by Crippen LogP contribution is -2.00. The van der Waals surface area contributed by atoms with Gasteiger partial charge in [-0.25, -0.2) is 9.97 Å². The quantitative estimate of drug-likeness (QED) is 0.567. The van der Waals surface area contributed by atoms with Gasteiger partial charge in [-0.1, -0.05) is 0 Å². The molecular formula is C18H17N3O2. The van der Waals surface area contributed by atoms with E-state index in [1.54, 1.807) is 6.26 Å². The average Bonchev–Trinajstić information content (AvgIpc) is 3.23. The number of imidazole rings is 1. The molecule has 0 saturated heterocycles. The van der Waals surface area contributed by atoms with Crippen molar-refractivity contribution in [1.82, 2.24) is 14.5 Å². The van der Waals surface area contributed by atoms with Crippen LogP contribution in [0.2, 0.25) is 0 Å². The average molecular weight is 307 g/mol. The van der Waals surface area contributed by atoms with Gasteiger partial charge < -0.3 is 13.4 Å². The Morgan fingerprint density at radius 3 is 2.74 bits per heavy atom. The van der Waals surface area contributed by atoms with Gasteiger partial charge in [-0.3, -0.25) is 0 Å². The molecule has 3 aromatic heterocycles. The van der Waals surface area contributed by atoms with Gasteiger partial charge >= 0.3 is 0 Å². The Morgan fingerprint density at radius 1 is 1.13 bits per heavy atom. The molecule has 0 fully saturated rings. The van der Waals surface area contributed by atoms with Crippen LogP contribution in [-0.2, 0) is 6.54 Å². The van der Waals surface area contributed by atoms with Gasteiger partial charge in [0.1, 0.15) is 11.5 Å². The van der Waals surface area contributed by atoms with Gasteiger partial charge in [-0.05, 0) is 56.2 Å². The van der Waals surface area contributed by atoms with Gasteiger partial charge in [0.15, 0.2) is 5.76 Å². The molecule has 0 bridgehead atoms. The van der Waals surface area contributed by atoms with Crippen LogP contribution in [0.1, 0.15) is 22.6 Å². The molecular weight excluding hydrogens is 290 g/mol. The summed E-state index contributed by atoms with van der Waals surface area (Å²) in [5.41, 5.74) is 5.50. The molecule has 0 aliphatic carbocycles. The molecule has 0 unspecified atom stereocenters. The van der Waals surface area contributed by atoms with Gasteiger partial charge in [0.2, 0.25) is 0 Å². The second-order valence-corrected chi connectivity index (χ2v) is 5.80. The van der Waals surface area contributed by atoms with Crippen LogP contribution < -0.4 is 0 Å². The summed E-state index contributed by atoms with van der Waals surface area (Å²) < 4.78 is 13.2. The summed E-state index contributed by atoms with van der Waals surface area (Å²) in [4.78, 5) is 9.05. The molecule has 116 valence electrons. The number of hydrogen-bond acceptors (Lipinski definition) is 4. The van der Waals surface area contributed by atoms with E-state index in [0.717, 1.165) is 22.5 Å². The van der Waals surface area contributed by atoms with Gasteiger partial charge in [0.05, 0.1) is 30.2 Å². The van der Waals surface area contributed by atoms with E-state index in [-0.39, 0.29) is 0 Å². The fourth-order valence-electron chi connectivity index (χ4n) is 2.68. The minimum absolute atomic E-state index is 0.513. The Morgan fingerprint density at radius 2 is 1.96 bits per heavy atom. The third-order valence-corrected chi connectivity index (χ3v) is 4.18. The molecule has 5 nitrogen and oxygen atoms in total. The zero-order valence-corrected chi connectivity index (χ0v) is 13.3. The molecule has 0 aliphatic rings. The minimum atomic E-state index is 0.513. The Labute approximate surface area is 133 Å². The molecule has 3 heterocycles. The number of furan rings is 1. The van der Waals surface area contributed by atoms with Gasteiger partial charge in [-0.2, -0.15) is 0 Å². The zero-order valence-electron chi connectivity index (χ0n) is 13.3. The van der Waals surface area contributed by atoms with Crippen molar-refractivity contribution in [1.29, 1.82) is 0 Å². The van der Waals surface area contributed by atoms with Gasteiger partial charge in [0.25, 0.3) is 5.89 Å². The largest absolute Gasteiger partial charge is 0.459 e. The van der Waals surface area contributed by atoms with Crippen molar-refractivity contribution in [2.45, 2.75) is 27.3 Å². The Hall–Kier alpha value is -2.82. The van der Waals surface area contributed by atoms with E-state index in [4.69, 9.17) is 8.83 Å². The first kappa shape index (κ1) is 13.8. The van der Waals surface area contributed by atoms with Crippen LogP contribution >= 0.6 is 0 Å². The molecule has 0 N–H and O–H groups in total. The minimum Gasteiger partial charge on any atom is -0.459 e. The van der Waals surface area contributed by atoms with Crippen LogP contribution in [0.15, 0.2) is 45.7 Å². The highest BCUT2D eigenvalue weighted by Crippen LogP contribution is 2.24. The second-order valence-electron chi connectivity index (χ2n) is 5.80. The third kappa shape index (κ3) is 2.34. The van der Waals surface area contributed by atoms with Crippen LogP contribution in [0, 0.1) is 20.8 Å². The van der Waals surface area contributed by atoms with Crippen molar-refractivity contribution in [3.8, 4) is 11.7 Å². The number of hydrogen-bond donors (Lipinski definition) is 0. The van der Waals surface area contributed by atoms with Crippen molar-refractivity contribution in [3.05, 3.63) is 59.4 Å². The van der Waals surface area contributed by atoms with Crippen LogP contribution in [0.4, 0.5) is 0 Å². The molecule has 1 aromatic carbocycles. The van der Waals surface area contributed by atoms with Crippen LogP contribution in [0.5, 0.6) is 0 Å². The fraction of sp³-hybridized carbons (Fsp3) is 0.222. The molecule has 0 spiro atoms. The number of fused-ring (bicyclic) bond motifs is 1. The highest BCUT2D eigenvalue weighted by Gasteiger charge is 2.15.